The van der Waals surface area contributed by atoms with Gasteiger partial charge < -0.3 is 10.0 Å². The SMILES string of the molecule is CCC(CC(=O)N1CCc2ccc(C(=O)O)cc2C1)c1ccccc1. The Balaban J connectivity index is 1.71. The molecule has 1 atom stereocenters. The molecule has 0 fully saturated rings. The Kier molecular flexibility index (Phi) is 5.17. The quantitative estimate of drug-likeness (QED) is 0.901. The van der Waals surface area contributed by atoms with E-state index in [1.165, 1.54) is 5.56 Å². The number of nitrogens with zero attached hydrogens (tertiary/aromatic N) is 1. The molecule has 1 unspecified atom stereocenters. The van der Waals surface area contributed by atoms with Crippen LogP contribution in [-0.4, -0.2) is 28.4 Å². The van der Waals surface area contributed by atoms with Gasteiger partial charge in [-0.3, -0.25) is 4.79 Å². The third-order valence-corrected chi connectivity index (χ3v) is 5.00. The van der Waals surface area contributed by atoms with E-state index >= 15 is 0 Å². The summed E-state index contributed by atoms with van der Waals surface area (Å²) in [4.78, 5) is 25.8. The van der Waals surface area contributed by atoms with Gasteiger partial charge in [-0.05, 0) is 47.6 Å². The van der Waals surface area contributed by atoms with Gasteiger partial charge >= 0.3 is 5.97 Å². The number of fused-ring (bicyclic) bond motifs is 1. The van der Waals surface area contributed by atoms with E-state index in [1.807, 2.05) is 29.2 Å². The van der Waals surface area contributed by atoms with Gasteiger partial charge in [-0.25, -0.2) is 4.79 Å². The predicted octanol–water partition coefficient (Wildman–Crippen LogP) is 3.85. The number of carboxylic acids is 1. The van der Waals surface area contributed by atoms with Gasteiger partial charge in [0.2, 0.25) is 5.91 Å². The number of carbonyl (C=O) groups excluding carboxylic acids is 1. The van der Waals surface area contributed by atoms with Crippen molar-refractivity contribution >= 4 is 11.9 Å². The Bertz CT molecular complexity index is 770. The predicted molar refractivity (Wildman–Crippen MR) is 96.6 cm³/mol. The van der Waals surface area contributed by atoms with Crippen LogP contribution in [0, 0.1) is 0 Å². The molecule has 0 radical (unpaired) electrons. The minimum Gasteiger partial charge on any atom is -0.478 e. The van der Waals surface area contributed by atoms with Crippen molar-refractivity contribution in [2.75, 3.05) is 6.54 Å². The van der Waals surface area contributed by atoms with E-state index in [4.69, 9.17) is 5.11 Å². The zero-order chi connectivity index (χ0) is 17.8. The van der Waals surface area contributed by atoms with E-state index in [2.05, 4.69) is 19.1 Å². The highest BCUT2D eigenvalue weighted by Gasteiger charge is 2.24. The standard InChI is InChI=1S/C21H23NO3/c1-2-15(16-6-4-3-5-7-16)13-20(23)22-11-10-17-8-9-18(21(24)25)12-19(17)14-22/h3-9,12,15H,2,10-11,13-14H2,1H3,(H,24,25). The zero-order valence-corrected chi connectivity index (χ0v) is 14.4. The fourth-order valence-electron chi connectivity index (χ4n) is 3.47. The molecule has 4 heteroatoms. The monoisotopic (exact) mass is 337 g/mol. The molecule has 1 amide bonds. The molecule has 1 heterocycles. The summed E-state index contributed by atoms with van der Waals surface area (Å²) in [6, 6.07) is 15.4. The van der Waals surface area contributed by atoms with Crippen LogP contribution in [0.2, 0.25) is 0 Å². The molecule has 4 nitrogen and oxygen atoms in total. The van der Waals surface area contributed by atoms with Crippen LogP contribution in [0.4, 0.5) is 0 Å². The summed E-state index contributed by atoms with van der Waals surface area (Å²) in [5.41, 5.74) is 3.57. The molecule has 1 aliphatic rings. The Morgan fingerprint density at radius 3 is 2.56 bits per heavy atom. The third-order valence-electron chi connectivity index (χ3n) is 5.00. The van der Waals surface area contributed by atoms with Crippen molar-refractivity contribution in [1.82, 2.24) is 4.90 Å². The average molecular weight is 337 g/mol. The minimum absolute atomic E-state index is 0.141. The summed E-state index contributed by atoms with van der Waals surface area (Å²) in [7, 11) is 0. The summed E-state index contributed by atoms with van der Waals surface area (Å²) in [5, 5.41) is 9.16. The number of hydrogen-bond donors (Lipinski definition) is 1. The summed E-state index contributed by atoms with van der Waals surface area (Å²) < 4.78 is 0. The van der Waals surface area contributed by atoms with Crippen molar-refractivity contribution in [1.29, 1.82) is 0 Å². The zero-order valence-electron chi connectivity index (χ0n) is 14.4. The van der Waals surface area contributed by atoms with Gasteiger partial charge in [0.05, 0.1) is 5.56 Å². The maximum absolute atomic E-state index is 12.8. The average Bonchev–Trinajstić information content (AvgIpc) is 2.65. The highest BCUT2D eigenvalue weighted by molar-refractivity contribution is 5.88. The Labute approximate surface area is 148 Å². The Hall–Kier alpha value is -2.62. The van der Waals surface area contributed by atoms with Gasteiger partial charge in [0.1, 0.15) is 0 Å². The van der Waals surface area contributed by atoms with Gasteiger partial charge in [-0.15, -0.1) is 0 Å². The molecule has 0 spiro atoms. The molecule has 0 saturated heterocycles. The second-order valence-electron chi connectivity index (χ2n) is 6.57. The lowest BCUT2D eigenvalue weighted by Crippen LogP contribution is -2.36. The third kappa shape index (κ3) is 3.90. The fourth-order valence-corrected chi connectivity index (χ4v) is 3.47. The van der Waals surface area contributed by atoms with Crippen molar-refractivity contribution in [2.24, 2.45) is 0 Å². The van der Waals surface area contributed by atoms with E-state index in [1.54, 1.807) is 12.1 Å². The fraction of sp³-hybridized carbons (Fsp3) is 0.333. The lowest BCUT2D eigenvalue weighted by molar-refractivity contribution is -0.132. The molecule has 1 N–H and O–H groups in total. The first-order chi connectivity index (χ1) is 12.1. The van der Waals surface area contributed by atoms with Gasteiger partial charge in [0.25, 0.3) is 0 Å². The van der Waals surface area contributed by atoms with E-state index in [9.17, 15) is 9.59 Å². The summed E-state index contributed by atoms with van der Waals surface area (Å²) in [5.74, 6) is -0.566. The van der Waals surface area contributed by atoms with Gasteiger partial charge in [-0.1, -0.05) is 43.3 Å². The molecule has 3 rings (SSSR count). The first-order valence-electron chi connectivity index (χ1n) is 8.76. The highest BCUT2D eigenvalue weighted by Crippen LogP contribution is 2.26. The van der Waals surface area contributed by atoms with Gasteiger partial charge in [0.15, 0.2) is 0 Å². The molecule has 0 saturated carbocycles. The van der Waals surface area contributed by atoms with Gasteiger partial charge in [-0.2, -0.15) is 0 Å². The summed E-state index contributed by atoms with van der Waals surface area (Å²) >= 11 is 0. The van der Waals surface area contributed by atoms with Crippen LogP contribution < -0.4 is 0 Å². The van der Waals surface area contributed by atoms with Crippen molar-refractivity contribution in [3.63, 3.8) is 0 Å². The second-order valence-corrected chi connectivity index (χ2v) is 6.57. The summed E-state index contributed by atoms with van der Waals surface area (Å²) in [6.45, 7) is 3.31. The van der Waals surface area contributed by atoms with Crippen molar-refractivity contribution < 1.29 is 14.7 Å². The van der Waals surface area contributed by atoms with Crippen LogP contribution in [-0.2, 0) is 17.8 Å². The Morgan fingerprint density at radius 1 is 1.12 bits per heavy atom. The van der Waals surface area contributed by atoms with Crippen LogP contribution in [0.25, 0.3) is 0 Å². The summed E-state index contributed by atoms with van der Waals surface area (Å²) in [6.07, 6.45) is 2.20. The topological polar surface area (TPSA) is 57.6 Å². The number of hydrogen-bond acceptors (Lipinski definition) is 2. The molecule has 0 aromatic heterocycles. The van der Waals surface area contributed by atoms with Crippen LogP contribution >= 0.6 is 0 Å². The smallest absolute Gasteiger partial charge is 0.335 e. The molecule has 0 aliphatic carbocycles. The minimum atomic E-state index is -0.929. The van der Waals surface area contributed by atoms with Crippen molar-refractivity contribution in [3.05, 3.63) is 70.8 Å². The Morgan fingerprint density at radius 2 is 1.88 bits per heavy atom. The number of aromatic carboxylic acids is 1. The molecular formula is C21H23NO3. The molecule has 130 valence electrons. The van der Waals surface area contributed by atoms with Crippen LogP contribution in [0.3, 0.4) is 0 Å². The lowest BCUT2D eigenvalue weighted by Gasteiger charge is -2.30. The molecule has 25 heavy (non-hydrogen) atoms. The van der Waals surface area contributed by atoms with Crippen LogP contribution in [0.15, 0.2) is 48.5 Å². The van der Waals surface area contributed by atoms with E-state index in [-0.39, 0.29) is 17.4 Å². The first-order valence-corrected chi connectivity index (χ1v) is 8.76. The normalized spacial score (nSPS) is 14.7. The molecular weight excluding hydrogens is 314 g/mol. The maximum Gasteiger partial charge on any atom is 0.335 e. The van der Waals surface area contributed by atoms with E-state index in [0.29, 0.717) is 19.5 Å². The number of carboxylic acid groups (broad SMARTS) is 1. The molecule has 2 aromatic rings. The number of benzene rings is 2. The van der Waals surface area contributed by atoms with Crippen molar-refractivity contribution in [2.45, 2.75) is 38.6 Å². The molecule has 2 aromatic carbocycles. The van der Waals surface area contributed by atoms with Crippen LogP contribution in [0.5, 0.6) is 0 Å². The van der Waals surface area contributed by atoms with E-state index in [0.717, 1.165) is 24.0 Å². The largest absolute Gasteiger partial charge is 0.478 e. The second kappa shape index (κ2) is 7.51. The van der Waals surface area contributed by atoms with Crippen LogP contribution in [0.1, 0.15) is 52.7 Å². The van der Waals surface area contributed by atoms with Crippen molar-refractivity contribution in [3.8, 4) is 0 Å². The number of rotatable bonds is 5. The van der Waals surface area contributed by atoms with Gasteiger partial charge in [0, 0.05) is 19.5 Å². The highest BCUT2D eigenvalue weighted by atomic mass is 16.4. The lowest BCUT2D eigenvalue weighted by atomic mass is 9.91. The maximum atomic E-state index is 12.8. The number of carbonyl (C=O) groups is 2. The number of amides is 1. The molecule has 0 bridgehead atoms. The first kappa shape index (κ1) is 17.2. The molecule has 1 aliphatic heterocycles. The van der Waals surface area contributed by atoms with E-state index < -0.39 is 5.97 Å².